The Balaban J connectivity index is 2.44. The van der Waals surface area contributed by atoms with Gasteiger partial charge in [-0.2, -0.15) is 0 Å². The number of benzene rings is 1. The van der Waals surface area contributed by atoms with Crippen LogP contribution >= 0.6 is 0 Å². The Hall–Kier alpha value is -3.18. The number of nitrogens with one attached hydrogen (secondary N) is 2. The van der Waals surface area contributed by atoms with E-state index >= 15 is 0 Å². The first-order valence-corrected chi connectivity index (χ1v) is 9.06. The van der Waals surface area contributed by atoms with E-state index in [9.17, 15) is 9.18 Å². The highest BCUT2D eigenvalue weighted by atomic mass is 19.1. The van der Waals surface area contributed by atoms with Gasteiger partial charge in [0.2, 0.25) is 5.69 Å². The molecule has 1 aromatic heterocycles. The van der Waals surface area contributed by atoms with Crippen molar-refractivity contribution < 1.29 is 14.0 Å². The van der Waals surface area contributed by atoms with Gasteiger partial charge in [-0.1, -0.05) is 26.8 Å². The zero-order chi connectivity index (χ0) is 21.8. The van der Waals surface area contributed by atoms with Crippen LogP contribution in [0.25, 0.3) is 4.85 Å². The Labute approximate surface area is 170 Å². The molecule has 154 valence electrons. The quantitative estimate of drug-likeness (QED) is 0.549. The predicted molar refractivity (Wildman–Crippen MR) is 112 cm³/mol. The van der Waals surface area contributed by atoms with Crippen LogP contribution in [0.5, 0.6) is 0 Å². The number of anilines is 3. The van der Waals surface area contributed by atoms with Gasteiger partial charge in [-0.25, -0.2) is 19.7 Å². The number of hydrogen-bond donors (Lipinski definition) is 2. The van der Waals surface area contributed by atoms with Crippen molar-refractivity contribution in [2.24, 2.45) is 5.41 Å². The SMILES string of the molecule is [C-]#[N+]c1cc(F)c(N(C)CC(C)(C)C)nc1Nc1cc(C(=O)NOC)ccc1C. The molecule has 29 heavy (non-hydrogen) atoms. The molecule has 1 aromatic carbocycles. The van der Waals surface area contributed by atoms with Crippen molar-refractivity contribution in [3.05, 3.63) is 52.6 Å². The average molecular weight is 399 g/mol. The van der Waals surface area contributed by atoms with Crippen LogP contribution in [0, 0.1) is 24.7 Å². The Morgan fingerprint density at radius 3 is 2.62 bits per heavy atom. The molecule has 0 spiro atoms. The first-order chi connectivity index (χ1) is 13.6. The number of halogens is 1. The smallest absolute Gasteiger partial charge is 0.274 e. The van der Waals surface area contributed by atoms with Crippen molar-refractivity contribution in [1.82, 2.24) is 10.5 Å². The monoisotopic (exact) mass is 399 g/mol. The van der Waals surface area contributed by atoms with Crippen molar-refractivity contribution in [3.8, 4) is 0 Å². The zero-order valence-corrected chi connectivity index (χ0v) is 17.6. The van der Waals surface area contributed by atoms with Gasteiger partial charge in [-0.15, -0.1) is 0 Å². The molecule has 8 heteroatoms. The minimum absolute atomic E-state index is 0.0570. The van der Waals surface area contributed by atoms with E-state index < -0.39 is 11.7 Å². The maximum Gasteiger partial charge on any atom is 0.274 e. The zero-order valence-electron chi connectivity index (χ0n) is 17.6. The highest BCUT2D eigenvalue weighted by molar-refractivity contribution is 5.95. The number of hydrogen-bond acceptors (Lipinski definition) is 5. The number of carbonyl (C=O) groups is 1. The molecule has 2 N–H and O–H groups in total. The van der Waals surface area contributed by atoms with Crippen LogP contribution in [-0.4, -0.2) is 31.6 Å². The maximum atomic E-state index is 14.6. The van der Waals surface area contributed by atoms with E-state index in [0.29, 0.717) is 17.8 Å². The third-order valence-electron chi connectivity index (χ3n) is 4.08. The number of aromatic nitrogens is 1. The van der Waals surface area contributed by atoms with E-state index in [0.717, 1.165) is 5.56 Å². The number of rotatable bonds is 6. The maximum absolute atomic E-state index is 14.6. The van der Waals surface area contributed by atoms with Gasteiger partial charge in [0.05, 0.1) is 13.7 Å². The molecule has 0 aliphatic carbocycles. The third-order valence-corrected chi connectivity index (χ3v) is 4.08. The molecular weight excluding hydrogens is 373 g/mol. The molecule has 0 saturated carbocycles. The molecular formula is C21H26FN5O2. The third kappa shape index (κ3) is 5.65. The van der Waals surface area contributed by atoms with Crippen LogP contribution in [0.15, 0.2) is 24.3 Å². The summed E-state index contributed by atoms with van der Waals surface area (Å²) in [6.45, 7) is 16.0. The number of aryl methyl sites for hydroxylation is 1. The summed E-state index contributed by atoms with van der Waals surface area (Å²) in [6, 6.07) is 6.22. The minimum atomic E-state index is -0.557. The molecule has 0 aliphatic heterocycles. The van der Waals surface area contributed by atoms with Crippen molar-refractivity contribution >= 4 is 28.9 Å². The largest absolute Gasteiger partial charge is 0.357 e. The van der Waals surface area contributed by atoms with Gasteiger partial charge in [0.15, 0.2) is 11.6 Å². The number of hydroxylamine groups is 1. The van der Waals surface area contributed by atoms with E-state index in [4.69, 9.17) is 6.57 Å². The minimum Gasteiger partial charge on any atom is -0.357 e. The Morgan fingerprint density at radius 2 is 2.03 bits per heavy atom. The van der Waals surface area contributed by atoms with Crippen molar-refractivity contribution in [2.45, 2.75) is 27.7 Å². The fourth-order valence-electron chi connectivity index (χ4n) is 2.88. The molecule has 0 unspecified atom stereocenters. The second-order valence-corrected chi connectivity index (χ2v) is 7.98. The Kier molecular flexibility index (Phi) is 6.77. The predicted octanol–water partition coefficient (Wildman–Crippen LogP) is 4.60. The lowest BCUT2D eigenvalue weighted by molar-refractivity contribution is 0.0537. The molecule has 2 rings (SSSR count). The molecule has 2 aromatic rings. The van der Waals surface area contributed by atoms with Crippen molar-refractivity contribution in [1.29, 1.82) is 0 Å². The van der Waals surface area contributed by atoms with Gasteiger partial charge in [-0.05, 0) is 36.1 Å². The number of nitrogens with zero attached hydrogens (tertiary/aromatic N) is 3. The molecule has 0 saturated heterocycles. The van der Waals surface area contributed by atoms with Gasteiger partial charge < -0.3 is 10.2 Å². The van der Waals surface area contributed by atoms with Crippen LogP contribution < -0.4 is 15.7 Å². The van der Waals surface area contributed by atoms with Crippen LogP contribution in [-0.2, 0) is 4.84 Å². The second kappa shape index (κ2) is 8.88. The van der Waals surface area contributed by atoms with E-state index in [1.807, 2.05) is 27.7 Å². The van der Waals surface area contributed by atoms with Crippen LogP contribution in [0.1, 0.15) is 36.7 Å². The van der Waals surface area contributed by atoms with Crippen LogP contribution in [0.2, 0.25) is 0 Å². The lowest BCUT2D eigenvalue weighted by atomic mass is 9.96. The summed E-state index contributed by atoms with van der Waals surface area (Å²) < 4.78 is 14.6. The summed E-state index contributed by atoms with van der Waals surface area (Å²) in [6.07, 6.45) is 0. The molecule has 0 atom stereocenters. The lowest BCUT2D eigenvalue weighted by Gasteiger charge is -2.28. The topological polar surface area (TPSA) is 70.9 Å². The number of carbonyl (C=O) groups excluding carboxylic acids is 1. The highest BCUT2D eigenvalue weighted by Crippen LogP contribution is 2.33. The normalized spacial score (nSPS) is 11.0. The molecule has 1 amide bonds. The summed E-state index contributed by atoms with van der Waals surface area (Å²) in [5, 5.41) is 3.08. The fraction of sp³-hybridized carbons (Fsp3) is 0.381. The van der Waals surface area contributed by atoms with Crippen LogP contribution in [0.3, 0.4) is 0 Å². The van der Waals surface area contributed by atoms with Gasteiger partial charge in [0, 0.05) is 24.8 Å². The standard InChI is InChI=1S/C21H26FN5O2/c1-13-8-9-14(20(28)26-29-7)10-16(13)24-18-17(23-5)11-15(22)19(25-18)27(6)12-21(2,3)4/h8-11H,12H2,1-4,6-7H3,(H,24,25)(H,26,28). The fourth-order valence-corrected chi connectivity index (χ4v) is 2.88. The first-order valence-electron chi connectivity index (χ1n) is 9.06. The Bertz CT molecular complexity index is 947. The van der Waals surface area contributed by atoms with Gasteiger partial charge >= 0.3 is 0 Å². The Morgan fingerprint density at radius 1 is 1.34 bits per heavy atom. The molecule has 0 fully saturated rings. The van der Waals surface area contributed by atoms with E-state index in [1.165, 1.54) is 13.2 Å². The van der Waals surface area contributed by atoms with Gasteiger partial charge in [0.25, 0.3) is 5.91 Å². The number of pyridine rings is 1. The van der Waals surface area contributed by atoms with Gasteiger partial charge in [-0.3, -0.25) is 9.63 Å². The van der Waals surface area contributed by atoms with E-state index in [-0.39, 0.29) is 22.7 Å². The van der Waals surface area contributed by atoms with Crippen LogP contribution in [0.4, 0.5) is 27.4 Å². The average Bonchev–Trinajstić information content (AvgIpc) is 2.63. The van der Waals surface area contributed by atoms with Gasteiger partial charge in [0.1, 0.15) is 5.82 Å². The summed E-state index contributed by atoms with van der Waals surface area (Å²) in [7, 11) is 3.12. The lowest BCUT2D eigenvalue weighted by Crippen LogP contribution is -2.30. The van der Waals surface area contributed by atoms with E-state index in [1.54, 1.807) is 30.1 Å². The van der Waals surface area contributed by atoms with Crippen molar-refractivity contribution in [2.75, 3.05) is 30.9 Å². The van der Waals surface area contributed by atoms with E-state index in [2.05, 4.69) is 25.5 Å². The molecule has 0 bridgehead atoms. The molecule has 0 radical (unpaired) electrons. The number of amides is 1. The molecule has 7 nitrogen and oxygen atoms in total. The summed E-state index contributed by atoms with van der Waals surface area (Å²) >= 11 is 0. The first kappa shape index (κ1) is 22.1. The second-order valence-electron chi connectivity index (χ2n) is 7.98. The van der Waals surface area contributed by atoms with Crippen molar-refractivity contribution in [3.63, 3.8) is 0 Å². The summed E-state index contributed by atoms with van der Waals surface area (Å²) in [5.74, 6) is -0.581. The molecule has 1 heterocycles. The highest BCUT2D eigenvalue weighted by Gasteiger charge is 2.20. The summed E-state index contributed by atoms with van der Waals surface area (Å²) in [4.78, 5) is 26.2. The summed E-state index contributed by atoms with van der Waals surface area (Å²) in [5.41, 5.74) is 4.05. The molecule has 0 aliphatic rings.